The molecule has 0 aromatic heterocycles. The van der Waals surface area contributed by atoms with Crippen LogP contribution < -0.4 is 15.4 Å². The summed E-state index contributed by atoms with van der Waals surface area (Å²) in [5.74, 6) is 0.813. The van der Waals surface area contributed by atoms with Gasteiger partial charge in [0.1, 0.15) is 17.8 Å². The molecule has 1 amide bonds. The lowest BCUT2D eigenvalue weighted by Crippen LogP contribution is -2.22. The number of carbonyl (C=O) groups excluding carboxylic acids is 2. The van der Waals surface area contributed by atoms with Crippen LogP contribution in [0.5, 0.6) is 11.5 Å². The van der Waals surface area contributed by atoms with E-state index < -0.39 is 15.9 Å². The van der Waals surface area contributed by atoms with Crippen LogP contribution in [0.15, 0.2) is 102 Å². The highest BCUT2D eigenvalue weighted by molar-refractivity contribution is 7.89. The van der Waals surface area contributed by atoms with E-state index >= 15 is 0 Å². The number of nitrogens with one attached hydrogen (secondary N) is 2. The molecule has 4 aromatic carbocycles. The van der Waals surface area contributed by atoms with Crippen LogP contribution in [-0.2, 0) is 10.0 Å². The maximum atomic E-state index is 12.7. The molecule has 0 heterocycles. The summed E-state index contributed by atoms with van der Waals surface area (Å²) < 4.78 is 31.8. The fraction of sp³-hybridized carbons (Fsp3) is 0.133. The summed E-state index contributed by atoms with van der Waals surface area (Å²) in [6, 6.07) is 27.8. The van der Waals surface area contributed by atoms with Crippen molar-refractivity contribution in [3.05, 3.63) is 114 Å². The van der Waals surface area contributed by atoms with Crippen molar-refractivity contribution >= 4 is 33.6 Å². The summed E-state index contributed by atoms with van der Waals surface area (Å²) in [5.41, 5.74) is 3.34. The second kappa shape index (κ2) is 11.9. The van der Waals surface area contributed by atoms with Crippen molar-refractivity contribution in [3.63, 3.8) is 0 Å². The summed E-state index contributed by atoms with van der Waals surface area (Å²) in [6.45, 7) is 2.02. The average molecular weight is 544 g/mol. The van der Waals surface area contributed by atoms with Gasteiger partial charge in [-0.2, -0.15) is 0 Å². The first kappa shape index (κ1) is 27.6. The molecular formula is C30H29N3O5S. The number of aldehydes is 1. The number of nitrogens with zero attached hydrogens (tertiary/aromatic N) is 1. The first-order valence-electron chi connectivity index (χ1n) is 12.2. The van der Waals surface area contributed by atoms with Crippen molar-refractivity contribution in [3.8, 4) is 11.5 Å². The molecule has 4 aromatic rings. The second-order valence-corrected chi connectivity index (χ2v) is 11.2. The van der Waals surface area contributed by atoms with E-state index in [1.165, 1.54) is 32.3 Å². The van der Waals surface area contributed by atoms with Crippen molar-refractivity contribution in [1.82, 2.24) is 4.31 Å². The lowest BCUT2D eigenvalue weighted by Gasteiger charge is -2.16. The van der Waals surface area contributed by atoms with Gasteiger partial charge in [-0.3, -0.25) is 9.59 Å². The summed E-state index contributed by atoms with van der Waals surface area (Å²) in [6.07, 6.45) is 0.836. The molecule has 0 spiro atoms. The van der Waals surface area contributed by atoms with Gasteiger partial charge in [0.25, 0.3) is 5.91 Å². The Morgan fingerprint density at radius 2 is 1.46 bits per heavy atom. The number of carbonyl (C=O) groups is 2. The van der Waals surface area contributed by atoms with Gasteiger partial charge in [0, 0.05) is 42.6 Å². The van der Waals surface area contributed by atoms with Gasteiger partial charge in [0.15, 0.2) is 0 Å². The van der Waals surface area contributed by atoms with Gasteiger partial charge >= 0.3 is 0 Å². The zero-order chi connectivity index (χ0) is 28.0. The molecule has 4 rings (SSSR count). The lowest BCUT2D eigenvalue weighted by atomic mass is 10.1. The average Bonchev–Trinajstić information content (AvgIpc) is 2.95. The molecule has 1 unspecified atom stereocenters. The minimum absolute atomic E-state index is 0.0132. The third-order valence-corrected chi connectivity index (χ3v) is 7.82. The minimum atomic E-state index is -3.64. The van der Waals surface area contributed by atoms with Gasteiger partial charge < -0.3 is 15.4 Å². The number of anilines is 2. The molecule has 0 aliphatic rings. The Kier molecular flexibility index (Phi) is 8.43. The summed E-state index contributed by atoms with van der Waals surface area (Å²) >= 11 is 0. The molecule has 0 aliphatic heterocycles. The van der Waals surface area contributed by atoms with Gasteiger partial charge in [-0.05, 0) is 85.3 Å². The Balaban J connectivity index is 1.35. The Morgan fingerprint density at radius 1 is 0.846 bits per heavy atom. The maximum absolute atomic E-state index is 12.7. The summed E-state index contributed by atoms with van der Waals surface area (Å²) in [5, 5.41) is 6.18. The van der Waals surface area contributed by atoms with Crippen molar-refractivity contribution in [2.24, 2.45) is 0 Å². The third kappa shape index (κ3) is 6.90. The first-order chi connectivity index (χ1) is 18.7. The highest BCUT2D eigenvalue weighted by Crippen LogP contribution is 2.26. The van der Waals surface area contributed by atoms with Gasteiger partial charge in [-0.25, -0.2) is 12.7 Å². The number of amides is 1. The van der Waals surface area contributed by atoms with Crippen LogP contribution in [0.3, 0.4) is 0 Å². The Labute approximate surface area is 228 Å². The smallest absolute Gasteiger partial charge is 0.255 e. The number of rotatable bonds is 10. The van der Waals surface area contributed by atoms with E-state index in [9.17, 15) is 18.0 Å². The molecule has 39 heavy (non-hydrogen) atoms. The van der Waals surface area contributed by atoms with E-state index in [1.807, 2.05) is 49.4 Å². The summed E-state index contributed by atoms with van der Waals surface area (Å²) in [7, 11) is -0.764. The Bertz CT molecular complexity index is 1570. The van der Waals surface area contributed by atoms with Crippen LogP contribution >= 0.6 is 0 Å². The van der Waals surface area contributed by atoms with Gasteiger partial charge in [-0.15, -0.1) is 0 Å². The fourth-order valence-electron chi connectivity index (χ4n) is 3.81. The highest BCUT2D eigenvalue weighted by atomic mass is 32.2. The molecule has 0 radical (unpaired) electrons. The van der Waals surface area contributed by atoms with Crippen molar-refractivity contribution in [2.45, 2.75) is 17.9 Å². The quantitative estimate of drug-likeness (QED) is 0.239. The van der Waals surface area contributed by atoms with E-state index in [0.717, 1.165) is 21.8 Å². The second-order valence-electron chi connectivity index (χ2n) is 9.07. The highest BCUT2D eigenvalue weighted by Gasteiger charge is 2.19. The minimum Gasteiger partial charge on any atom is -0.457 e. The van der Waals surface area contributed by atoms with Crippen LogP contribution in [0.2, 0.25) is 0 Å². The molecule has 9 heteroatoms. The SMILES string of the molecule is CC(Nc1ccc(Oc2ccc(NC(=O)c3cccc(S(=O)(=O)N(C)C)c3)cc2)cc1)c1cccc(C=O)c1. The van der Waals surface area contributed by atoms with Crippen molar-refractivity contribution in [1.29, 1.82) is 0 Å². The largest absolute Gasteiger partial charge is 0.457 e. The van der Waals surface area contributed by atoms with Crippen molar-refractivity contribution < 1.29 is 22.7 Å². The standard InChI is InChI=1S/C30H29N3O5S/c1-21(23-7-4-6-22(18-23)20-34)31-25-10-14-27(15-11-25)38-28-16-12-26(13-17-28)32-30(35)24-8-5-9-29(19-24)39(36,37)33(2)3/h4-21,31H,1-3H3,(H,32,35). The fourth-order valence-corrected chi connectivity index (χ4v) is 4.76. The van der Waals surface area contributed by atoms with Crippen LogP contribution in [0.25, 0.3) is 0 Å². The topological polar surface area (TPSA) is 105 Å². The van der Waals surface area contributed by atoms with E-state index in [0.29, 0.717) is 22.7 Å². The van der Waals surface area contributed by atoms with Gasteiger partial charge in [0.2, 0.25) is 10.0 Å². The zero-order valence-electron chi connectivity index (χ0n) is 21.8. The third-order valence-electron chi connectivity index (χ3n) is 6.01. The molecule has 0 bridgehead atoms. The molecule has 0 saturated heterocycles. The number of hydrogen-bond donors (Lipinski definition) is 2. The molecule has 0 fully saturated rings. The number of sulfonamides is 1. The van der Waals surface area contributed by atoms with Crippen LogP contribution in [0.4, 0.5) is 11.4 Å². The number of benzene rings is 4. The molecule has 0 saturated carbocycles. The molecule has 8 nitrogen and oxygen atoms in total. The van der Waals surface area contributed by atoms with E-state index in [-0.39, 0.29) is 16.5 Å². The van der Waals surface area contributed by atoms with Crippen LogP contribution in [-0.4, -0.2) is 39.0 Å². The van der Waals surface area contributed by atoms with E-state index in [4.69, 9.17) is 4.74 Å². The number of hydrogen-bond acceptors (Lipinski definition) is 6. The zero-order valence-corrected chi connectivity index (χ0v) is 22.6. The van der Waals surface area contributed by atoms with E-state index in [1.54, 1.807) is 36.4 Å². The molecule has 1 atom stereocenters. The van der Waals surface area contributed by atoms with Gasteiger partial charge in [0.05, 0.1) is 4.90 Å². The molecular weight excluding hydrogens is 514 g/mol. The summed E-state index contributed by atoms with van der Waals surface area (Å²) in [4.78, 5) is 23.8. The maximum Gasteiger partial charge on any atom is 0.255 e. The number of ether oxygens (including phenoxy) is 1. The normalized spacial score (nSPS) is 12.0. The lowest BCUT2D eigenvalue weighted by molar-refractivity contribution is 0.102. The van der Waals surface area contributed by atoms with E-state index in [2.05, 4.69) is 10.6 Å². The monoisotopic (exact) mass is 543 g/mol. The van der Waals surface area contributed by atoms with Crippen LogP contribution in [0, 0.1) is 0 Å². The van der Waals surface area contributed by atoms with Crippen molar-refractivity contribution in [2.75, 3.05) is 24.7 Å². The Morgan fingerprint density at radius 3 is 2.08 bits per heavy atom. The van der Waals surface area contributed by atoms with Gasteiger partial charge in [-0.1, -0.05) is 24.3 Å². The van der Waals surface area contributed by atoms with Crippen LogP contribution in [0.1, 0.15) is 39.2 Å². The first-order valence-corrected chi connectivity index (χ1v) is 13.6. The predicted octanol–water partition coefficient (Wildman–Crippen LogP) is 5.97. The Hall–Kier alpha value is -4.47. The molecule has 200 valence electrons. The predicted molar refractivity (Wildman–Crippen MR) is 152 cm³/mol. The molecule has 0 aliphatic carbocycles. The molecule has 2 N–H and O–H groups in total.